The molecule has 0 bridgehead atoms. The van der Waals surface area contributed by atoms with Gasteiger partial charge in [-0.1, -0.05) is 79.1 Å². The largest absolute Gasteiger partial charge is 3.00 e. The van der Waals surface area contributed by atoms with Gasteiger partial charge < -0.3 is 34.6 Å². The zero-order valence-corrected chi connectivity index (χ0v) is 19.6. The van der Waals surface area contributed by atoms with Crippen molar-refractivity contribution in [3.8, 4) is 0 Å². The van der Waals surface area contributed by atoms with E-state index in [4.69, 9.17) is 0 Å². The van der Waals surface area contributed by atoms with Crippen molar-refractivity contribution in [2.45, 2.75) is 79.1 Å². The summed E-state index contributed by atoms with van der Waals surface area (Å²) in [5, 5.41) is 8.70. The number of nitrogens with zero attached hydrogens (tertiary/aromatic N) is 2. The summed E-state index contributed by atoms with van der Waals surface area (Å²) in [6, 6.07) is 0. The van der Waals surface area contributed by atoms with Gasteiger partial charge in [-0.15, -0.1) is 26.2 Å². The van der Waals surface area contributed by atoms with Crippen LogP contribution in [0.3, 0.4) is 0 Å². The number of halogens is 1. The van der Waals surface area contributed by atoms with E-state index in [0.717, 1.165) is 26.2 Å². The summed E-state index contributed by atoms with van der Waals surface area (Å²) in [6.07, 6.45) is 10.2. The van der Waals surface area contributed by atoms with E-state index < -0.39 is 0 Å². The fourth-order valence-electron chi connectivity index (χ4n) is 1.30. The van der Waals surface area contributed by atoms with E-state index in [0.29, 0.717) is 0 Å². The van der Waals surface area contributed by atoms with Crippen LogP contribution in [0.25, 0.3) is 10.6 Å². The molecule has 0 saturated carbocycles. The van der Waals surface area contributed by atoms with Gasteiger partial charge in [0, 0.05) is 0 Å². The molecule has 0 spiro atoms. The molecule has 4 heteroatoms. The second kappa shape index (κ2) is 32.8. The first-order chi connectivity index (χ1) is 8.83. The van der Waals surface area contributed by atoms with Crippen molar-refractivity contribution >= 4 is 0 Å². The average molecular weight is 528 g/mol. The van der Waals surface area contributed by atoms with Crippen LogP contribution < -0.4 is 24.0 Å². The van der Waals surface area contributed by atoms with Crippen LogP contribution in [0.15, 0.2) is 0 Å². The van der Waals surface area contributed by atoms with Crippen LogP contribution in [0.5, 0.6) is 0 Å². The van der Waals surface area contributed by atoms with Gasteiger partial charge in [0.15, 0.2) is 0 Å². The van der Waals surface area contributed by atoms with Gasteiger partial charge in [-0.3, -0.25) is 0 Å². The third-order valence-corrected chi connectivity index (χ3v) is 2.68. The molecule has 20 heavy (non-hydrogen) atoms. The quantitative estimate of drug-likeness (QED) is 0.276. The van der Waals surface area contributed by atoms with E-state index in [1.807, 2.05) is 0 Å². The van der Waals surface area contributed by atoms with Crippen molar-refractivity contribution in [3.05, 3.63) is 10.6 Å². The maximum absolute atomic E-state index is 4.35. The van der Waals surface area contributed by atoms with Crippen molar-refractivity contribution in [2.75, 3.05) is 26.2 Å². The minimum atomic E-state index is 0. The van der Waals surface area contributed by atoms with E-state index in [2.05, 4.69) is 38.3 Å². The zero-order chi connectivity index (χ0) is 13.9. The minimum absolute atomic E-state index is 0. The molecular weight excluding hydrogens is 491 g/mol. The first kappa shape index (κ1) is 29.9. The normalized spacial score (nSPS) is 9.00. The molecule has 0 aliphatic heterocycles. The fourth-order valence-corrected chi connectivity index (χ4v) is 1.30. The van der Waals surface area contributed by atoms with Gasteiger partial charge >= 0.3 is 40.8 Å². The molecule has 0 rings (SSSR count). The molecule has 0 fully saturated rings. The summed E-state index contributed by atoms with van der Waals surface area (Å²) in [7, 11) is 0. The van der Waals surface area contributed by atoms with Crippen molar-refractivity contribution in [1.82, 2.24) is 0 Å². The molecule has 0 aliphatic rings. The molecule has 2 nitrogen and oxygen atoms in total. The molecule has 0 amide bonds. The summed E-state index contributed by atoms with van der Waals surface area (Å²) in [4.78, 5) is 0. The Morgan fingerprint density at radius 3 is 0.850 bits per heavy atom. The van der Waals surface area contributed by atoms with E-state index in [1.54, 1.807) is 0 Å². The van der Waals surface area contributed by atoms with Crippen molar-refractivity contribution in [1.29, 1.82) is 0 Å². The van der Waals surface area contributed by atoms with Crippen LogP contribution in [-0.2, 0) is 0 Å². The predicted octanol–water partition coefficient (Wildman–Crippen LogP) is 2.92. The zero-order valence-electron chi connectivity index (χ0n) is 14.3. The first-order valence-corrected chi connectivity index (χ1v) is 8.09. The van der Waals surface area contributed by atoms with Gasteiger partial charge in [-0.25, -0.2) is 0 Å². The molecule has 0 aromatic carbocycles. The van der Waals surface area contributed by atoms with E-state index in [-0.39, 0.29) is 64.8 Å². The van der Waals surface area contributed by atoms with E-state index >= 15 is 0 Å². The Bertz CT molecular complexity index is 101. The SMILES string of the molecule is CCCC[N-]CCCC.CCCC[N-]CCCC.[I-].[Nd+3]. The first-order valence-electron chi connectivity index (χ1n) is 8.09. The Labute approximate surface area is 178 Å². The van der Waals surface area contributed by atoms with Crippen molar-refractivity contribution < 1.29 is 64.8 Å². The van der Waals surface area contributed by atoms with Gasteiger partial charge in [0.1, 0.15) is 0 Å². The Kier molecular flexibility index (Phi) is 49.1. The molecular formula is C16H36IN2Nd. The molecule has 0 atom stereocenters. The predicted molar refractivity (Wildman–Crippen MR) is 85.8 cm³/mol. The molecule has 0 aliphatic carbocycles. The van der Waals surface area contributed by atoms with Crippen LogP contribution >= 0.6 is 0 Å². The standard InChI is InChI=1S/2C8H18N.HI.Nd/c2*1-3-5-7-9-8-6-4-2;;/h2*3-8H2,1-2H3;1H;/q2*-1;;+3/p-1. The van der Waals surface area contributed by atoms with Crippen LogP contribution in [0, 0.1) is 40.8 Å². The fraction of sp³-hybridized carbons (Fsp3) is 1.00. The third kappa shape index (κ3) is 36.8. The second-order valence-electron chi connectivity index (χ2n) is 4.76. The third-order valence-electron chi connectivity index (χ3n) is 2.68. The van der Waals surface area contributed by atoms with Gasteiger partial charge in [-0.05, 0) is 0 Å². The summed E-state index contributed by atoms with van der Waals surface area (Å²) in [6.45, 7) is 13.1. The average Bonchev–Trinajstić information content (AvgIpc) is 2.39. The molecule has 0 saturated heterocycles. The van der Waals surface area contributed by atoms with Crippen molar-refractivity contribution in [3.63, 3.8) is 0 Å². The maximum Gasteiger partial charge on any atom is 3.00 e. The number of rotatable bonds is 12. The van der Waals surface area contributed by atoms with Crippen LogP contribution in [0.4, 0.5) is 0 Å². The summed E-state index contributed by atoms with van der Waals surface area (Å²) in [5.74, 6) is 0. The Morgan fingerprint density at radius 1 is 0.500 bits per heavy atom. The molecule has 0 aromatic heterocycles. The molecule has 0 N–H and O–H groups in total. The van der Waals surface area contributed by atoms with Crippen LogP contribution in [0.2, 0.25) is 0 Å². The summed E-state index contributed by atoms with van der Waals surface area (Å²) in [5.41, 5.74) is 0. The van der Waals surface area contributed by atoms with Gasteiger partial charge in [0.05, 0.1) is 0 Å². The van der Waals surface area contributed by atoms with Gasteiger partial charge in [0.2, 0.25) is 0 Å². The van der Waals surface area contributed by atoms with Gasteiger partial charge in [-0.2, -0.15) is 0 Å². The van der Waals surface area contributed by atoms with Crippen molar-refractivity contribution in [2.24, 2.45) is 0 Å². The number of unbranched alkanes of at least 4 members (excludes halogenated alkanes) is 4. The summed E-state index contributed by atoms with van der Waals surface area (Å²) >= 11 is 0. The summed E-state index contributed by atoms with van der Waals surface area (Å²) < 4.78 is 0. The smallest absolute Gasteiger partial charge is 1.00 e. The molecule has 121 valence electrons. The monoisotopic (exact) mass is 525 g/mol. The topological polar surface area (TPSA) is 28.2 Å². The molecule has 1 radical (unpaired) electrons. The number of hydrogen-bond acceptors (Lipinski definition) is 0. The Hall–Kier alpha value is 2.00. The molecule has 0 unspecified atom stereocenters. The van der Waals surface area contributed by atoms with Crippen LogP contribution in [-0.4, -0.2) is 26.2 Å². The van der Waals surface area contributed by atoms with E-state index in [1.165, 1.54) is 51.4 Å². The Morgan fingerprint density at radius 2 is 0.700 bits per heavy atom. The second-order valence-corrected chi connectivity index (χ2v) is 4.76. The molecule has 0 heterocycles. The maximum atomic E-state index is 4.35. The number of hydrogen-bond donors (Lipinski definition) is 0. The Balaban J connectivity index is -0.000000116. The van der Waals surface area contributed by atoms with Gasteiger partial charge in [0.25, 0.3) is 0 Å². The molecule has 0 aromatic rings. The van der Waals surface area contributed by atoms with Crippen LogP contribution in [0.1, 0.15) is 79.1 Å². The minimum Gasteiger partial charge on any atom is -1.00 e. The van der Waals surface area contributed by atoms with E-state index in [9.17, 15) is 0 Å².